The van der Waals surface area contributed by atoms with Gasteiger partial charge in [0.2, 0.25) is 5.13 Å². The lowest BCUT2D eigenvalue weighted by Gasteiger charge is -2.28. The van der Waals surface area contributed by atoms with E-state index in [2.05, 4.69) is 24.5 Å². The number of rotatable bonds is 6. The Morgan fingerprint density at radius 3 is 2.67 bits per heavy atom. The molecule has 0 saturated heterocycles. The Labute approximate surface area is 176 Å². The maximum atomic E-state index is 13.0. The minimum absolute atomic E-state index is 0.0110. The van der Waals surface area contributed by atoms with Crippen LogP contribution in [0.25, 0.3) is 0 Å². The monoisotopic (exact) mass is 462 g/mol. The molecule has 0 atom stereocenters. The molecule has 164 valence electrons. The molecule has 1 aliphatic heterocycles. The van der Waals surface area contributed by atoms with Crippen LogP contribution in [-0.4, -0.2) is 36.4 Å². The Hall–Kier alpha value is -2.28. The highest BCUT2D eigenvalue weighted by Crippen LogP contribution is 2.39. The Bertz CT molecular complexity index is 1010. The summed E-state index contributed by atoms with van der Waals surface area (Å²) >= 11 is 0.956. The Morgan fingerprint density at radius 2 is 2.03 bits per heavy atom. The van der Waals surface area contributed by atoms with Gasteiger partial charge in [-0.15, -0.1) is 10.2 Å². The standard InChI is InChI=1S/C17H21F3N6O2S2/c1-11(2)9-26-6-4-3-5-12-7-13(23-24-16-21-10-22-29-16)14(8-15(12)26)25-30(27,28)17(18,19)20/h7-8,10-11,25H,3-6,9H2,1-2H3. The predicted molar refractivity (Wildman–Crippen MR) is 109 cm³/mol. The zero-order valence-electron chi connectivity index (χ0n) is 16.3. The number of aryl methyl sites for hydroxylation is 1. The first-order valence-electron chi connectivity index (χ1n) is 9.26. The number of hydrogen-bond acceptors (Lipinski definition) is 8. The number of nitrogens with zero attached hydrogens (tertiary/aromatic N) is 5. The third kappa shape index (κ3) is 5.25. The average molecular weight is 463 g/mol. The molecule has 0 spiro atoms. The molecule has 3 rings (SSSR count). The second kappa shape index (κ2) is 8.84. The zero-order chi connectivity index (χ0) is 21.9. The number of alkyl halides is 3. The molecule has 0 fully saturated rings. The summed E-state index contributed by atoms with van der Waals surface area (Å²) in [6.45, 7) is 5.53. The molecule has 0 radical (unpaired) electrons. The Balaban J connectivity index is 2.09. The first-order valence-corrected chi connectivity index (χ1v) is 11.5. The van der Waals surface area contributed by atoms with Crippen LogP contribution in [0.4, 0.5) is 35.4 Å². The Kier molecular flexibility index (Phi) is 6.60. The molecule has 2 heterocycles. The van der Waals surface area contributed by atoms with Gasteiger partial charge in [-0.25, -0.2) is 4.98 Å². The summed E-state index contributed by atoms with van der Waals surface area (Å²) < 4.78 is 67.9. The molecule has 1 aromatic heterocycles. The highest BCUT2D eigenvalue weighted by atomic mass is 32.2. The van der Waals surface area contributed by atoms with E-state index >= 15 is 0 Å². The van der Waals surface area contributed by atoms with Crippen molar-refractivity contribution in [2.75, 3.05) is 22.7 Å². The van der Waals surface area contributed by atoms with Crippen LogP contribution in [0.15, 0.2) is 28.7 Å². The molecule has 0 bridgehead atoms. The van der Waals surface area contributed by atoms with Crippen molar-refractivity contribution in [2.45, 2.75) is 38.6 Å². The molecule has 0 unspecified atom stereocenters. The number of aromatic nitrogens is 2. The highest BCUT2D eigenvalue weighted by molar-refractivity contribution is 7.93. The molecule has 1 aromatic carbocycles. The number of azo groups is 1. The molecule has 0 saturated carbocycles. The third-order valence-electron chi connectivity index (χ3n) is 4.39. The SMILES string of the molecule is CC(C)CN1CCCCc2cc(N=Nc3ncns3)c(NS(=O)(=O)C(F)(F)F)cc21. The van der Waals surface area contributed by atoms with E-state index in [0.717, 1.165) is 36.5 Å². The fourth-order valence-corrected chi connectivity index (χ4v) is 4.09. The number of halogens is 3. The molecular weight excluding hydrogens is 441 g/mol. The number of anilines is 2. The van der Waals surface area contributed by atoms with Gasteiger partial charge in [-0.05, 0) is 42.9 Å². The average Bonchev–Trinajstić information content (AvgIpc) is 3.08. The summed E-state index contributed by atoms with van der Waals surface area (Å²) in [6, 6.07) is 3.01. The van der Waals surface area contributed by atoms with Crippen molar-refractivity contribution >= 4 is 43.7 Å². The van der Waals surface area contributed by atoms with E-state index in [1.165, 1.54) is 12.4 Å². The molecule has 1 N–H and O–H groups in total. The van der Waals surface area contributed by atoms with Gasteiger partial charge in [-0.2, -0.15) is 26.0 Å². The molecule has 0 amide bonds. The summed E-state index contributed by atoms with van der Waals surface area (Å²) in [5.74, 6) is 0.322. The summed E-state index contributed by atoms with van der Waals surface area (Å²) in [7, 11) is -5.62. The second-order valence-corrected chi connectivity index (χ2v) is 9.70. The molecule has 13 heteroatoms. The summed E-state index contributed by atoms with van der Waals surface area (Å²) in [6.07, 6.45) is 3.81. The number of sulfonamides is 1. The van der Waals surface area contributed by atoms with E-state index in [-0.39, 0.29) is 16.5 Å². The minimum atomic E-state index is -5.62. The van der Waals surface area contributed by atoms with Gasteiger partial charge in [-0.1, -0.05) is 13.8 Å². The fraction of sp³-hybridized carbons (Fsp3) is 0.529. The first kappa shape index (κ1) is 22.4. The Morgan fingerprint density at radius 1 is 1.27 bits per heavy atom. The van der Waals surface area contributed by atoms with E-state index in [1.54, 1.807) is 10.8 Å². The molecule has 2 aromatic rings. The lowest BCUT2D eigenvalue weighted by Crippen LogP contribution is -2.31. The number of hydrogen-bond donors (Lipinski definition) is 1. The fourth-order valence-electron chi connectivity index (χ4n) is 3.16. The van der Waals surface area contributed by atoms with Crippen LogP contribution in [0.5, 0.6) is 0 Å². The quantitative estimate of drug-likeness (QED) is 0.608. The van der Waals surface area contributed by atoms with Gasteiger partial charge >= 0.3 is 15.5 Å². The zero-order valence-corrected chi connectivity index (χ0v) is 18.0. The largest absolute Gasteiger partial charge is 0.516 e. The maximum absolute atomic E-state index is 13.0. The van der Waals surface area contributed by atoms with E-state index in [9.17, 15) is 21.6 Å². The van der Waals surface area contributed by atoms with Crippen molar-refractivity contribution in [3.8, 4) is 0 Å². The van der Waals surface area contributed by atoms with Crippen LogP contribution in [-0.2, 0) is 16.4 Å². The van der Waals surface area contributed by atoms with Gasteiger partial charge in [0.05, 0.1) is 5.69 Å². The maximum Gasteiger partial charge on any atom is 0.516 e. The van der Waals surface area contributed by atoms with Crippen molar-refractivity contribution in [3.63, 3.8) is 0 Å². The first-order chi connectivity index (χ1) is 14.1. The number of nitrogens with one attached hydrogen (secondary N) is 1. The summed E-state index contributed by atoms with van der Waals surface area (Å²) in [4.78, 5) is 5.92. The van der Waals surface area contributed by atoms with E-state index < -0.39 is 15.5 Å². The van der Waals surface area contributed by atoms with Gasteiger partial charge < -0.3 is 4.90 Å². The van der Waals surface area contributed by atoms with E-state index in [0.29, 0.717) is 24.6 Å². The van der Waals surface area contributed by atoms with Crippen molar-refractivity contribution in [3.05, 3.63) is 24.0 Å². The number of benzene rings is 1. The van der Waals surface area contributed by atoms with Crippen molar-refractivity contribution in [1.82, 2.24) is 9.36 Å². The second-order valence-electron chi connectivity index (χ2n) is 7.27. The van der Waals surface area contributed by atoms with Gasteiger partial charge in [-0.3, -0.25) is 4.72 Å². The lowest BCUT2D eigenvalue weighted by atomic mass is 10.1. The number of fused-ring (bicyclic) bond motifs is 1. The topological polar surface area (TPSA) is 99.9 Å². The molecule has 30 heavy (non-hydrogen) atoms. The van der Waals surface area contributed by atoms with Gasteiger partial charge in [0.1, 0.15) is 12.0 Å². The van der Waals surface area contributed by atoms with Gasteiger partial charge in [0.15, 0.2) is 0 Å². The molecule has 1 aliphatic rings. The van der Waals surface area contributed by atoms with Crippen LogP contribution in [0, 0.1) is 5.92 Å². The summed E-state index contributed by atoms with van der Waals surface area (Å²) in [5.41, 5.74) is -4.16. The van der Waals surface area contributed by atoms with Crippen molar-refractivity contribution in [1.29, 1.82) is 0 Å². The van der Waals surface area contributed by atoms with Crippen LogP contribution >= 0.6 is 11.5 Å². The van der Waals surface area contributed by atoms with E-state index in [4.69, 9.17) is 0 Å². The smallest absolute Gasteiger partial charge is 0.371 e. The van der Waals surface area contributed by atoms with Crippen LogP contribution in [0.2, 0.25) is 0 Å². The van der Waals surface area contributed by atoms with Gasteiger partial charge in [0, 0.05) is 30.3 Å². The van der Waals surface area contributed by atoms with Gasteiger partial charge in [0.25, 0.3) is 0 Å². The van der Waals surface area contributed by atoms with Crippen LogP contribution in [0.1, 0.15) is 32.3 Å². The molecule has 0 aliphatic carbocycles. The third-order valence-corrected chi connectivity index (χ3v) is 6.04. The minimum Gasteiger partial charge on any atom is -0.371 e. The van der Waals surface area contributed by atoms with Crippen LogP contribution in [0.3, 0.4) is 0 Å². The normalized spacial score (nSPS) is 15.5. The van der Waals surface area contributed by atoms with Crippen molar-refractivity contribution in [2.24, 2.45) is 16.1 Å². The summed E-state index contributed by atoms with van der Waals surface area (Å²) in [5, 5.41) is 8.03. The lowest BCUT2D eigenvalue weighted by molar-refractivity contribution is -0.0429. The highest BCUT2D eigenvalue weighted by Gasteiger charge is 2.46. The van der Waals surface area contributed by atoms with Crippen LogP contribution < -0.4 is 9.62 Å². The predicted octanol–water partition coefficient (Wildman–Crippen LogP) is 5.01. The molecule has 8 nitrogen and oxygen atoms in total. The van der Waals surface area contributed by atoms with E-state index in [1.807, 2.05) is 13.8 Å². The van der Waals surface area contributed by atoms with Crippen molar-refractivity contribution < 1.29 is 21.6 Å². The molecular formula is C17H21F3N6O2S2.